The molecule has 1 rings (SSSR count). The quantitative estimate of drug-likeness (QED) is 0.0319. The number of rotatable bonds is 47. The average molecular weight is 1280 g/mol. The number of likely N-dealkylation sites (tertiary alicyclic amines) is 1. The highest BCUT2D eigenvalue weighted by atomic mass is 16.6. The maximum Gasteiger partial charge on any atom is 0.410 e. The van der Waals surface area contributed by atoms with Crippen LogP contribution < -0.4 is 0 Å². The summed E-state index contributed by atoms with van der Waals surface area (Å²) in [5.41, 5.74) is 0. The summed E-state index contributed by atoms with van der Waals surface area (Å²) in [7, 11) is 0. The molecule has 1 amide bonds. The Morgan fingerprint density at radius 2 is 0.719 bits per heavy atom. The number of esters is 5. The van der Waals surface area contributed by atoms with Crippen LogP contribution in [0.2, 0.25) is 0 Å². The lowest BCUT2D eigenvalue weighted by Gasteiger charge is -2.47. The van der Waals surface area contributed by atoms with Gasteiger partial charge in [-0.05, 0) is 57.3 Å². The summed E-state index contributed by atoms with van der Waals surface area (Å²) >= 11 is 0. The predicted molar refractivity (Wildman–Crippen MR) is 374 cm³/mol. The number of Topliss-reactive ketones (excluding diaryl/α,β-unsaturated/α-hetero) is 1. The van der Waals surface area contributed by atoms with Crippen molar-refractivity contribution in [1.82, 2.24) is 9.80 Å². The number of hydrogen-bond donors (Lipinski definition) is 0. The van der Waals surface area contributed by atoms with Crippen molar-refractivity contribution < 1.29 is 62.0 Å². The molecule has 0 aromatic rings. The van der Waals surface area contributed by atoms with Gasteiger partial charge in [0.1, 0.15) is 12.4 Å². The van der Waals surface area contributed by atoms with Gasteiger partial charge in [-0.25, -0.2) is 4.79 Å². The van der Waals surface area contributed by atoms with Gasteiger partial charge in [-0.1, -0.05) is 286 Å². The zero-order valence-corrected chi connectivity index (χ0v) is 62.4. The van der Waals surface area contributed by atoms with Gasteiger partial charge < -0.3 is 28.4 Å². The highest BCUT2D eigenvalue weighted by Crippen LogP contribution is 2.29. The summed E-state index contributed by atoms with van der Waals surface area (Å²) in [4.78, 5) is 85.1. The van der Waals surface area contributed by atoms with Gasteiger partial charge in [-0.15, -0.1) is 0 Å². The lowest BCUT2D eigenvalue weighted by Crippen LogP contribution is -2.60. The number of hydrogen-bond acceptors (Lipinski definition) is 14. The molecule has 15 heteroatoms. The highest BCUT2D eigenvalue weighted by molar-refractivity contribution is 5.84. The minimum atomic E-state index is -0.390. The van der Waals surface area contributed by atoms with Crippen LogP contribution in [-0.4, -0.2) is 123 Å². The molecule has 534 valence electrons. The third-order valence-corrected chi connectivity index (χ3v) is 14.5. The van der Waals surface area contributed by atoms with E-state index in [0.29, 0.717) is 58.2 Å². The number of nitrogens with zero attached hydrogens (tertiary/aromatic N) is 2. The largest absolute Gasteiger partial charge is 0.466 e. The molecule has 0 saturated carbocycles. The molecule has 0 spiro atoms. The van der Waals surface area contributed by atoms with Gasteiger partial charge in [0.2, 0.25) is 0 Å². The van der Waals surface area contributed by atoms with Crippen molar-refractivity contribution in [3.8, 4) is 0 Å². The molecule has 0 aliphatic carbocycles. The van der Waals surface area contributed by atoms with E-state index in [4.69, 9.17) is 28.4 Å². The van der Waals surface area contributed by atoms with Crippen LogP contribution in [0.3, 0.4) is 0 Å². The van der Waals surface area contributed by atoms with E-state index in [1.807, 2.05) is 76.2 Å². The Hall–Kier alpha value is -3.75. The second-order valence-corrected chi connectivity index (χ2v) is 22.5. The van der Waals surface area contributed by atoms with Crippen LogP contribution in [0.25, 0.3) is 0 Å². The molecule has 0 aromatic heterocycles. The maximum atomic E-state index is 12.4. The fraction of sp³-hybridized carbons (Fsp3) is 0.905. The van der Waals surface area contributed by atoms with Crippen molar-refractivity contribution >= 4 is 41.7 Å². The zero-order chi connectivity index (χ0) is 69.2. The van der Waals surface area contributed by atoms with E-state index in [1.54, 1.807) is 16.7 Å². The van der Waals surface area contributed by atoms with Crippen LogP contribution in [0, 0.1) is 11.8 Å². The highest BCUT2D eigenvalue weighted by Gasteiger charge is 2.42. The van der Waals surface area contributed by atoms with E-state index in [0.717, 1.165) is 83.5 Å². The van der Waals surface area contributed by atoms with E-state index in [-0.39, 0.29) is 86.0 Å². The molecule has 1 aliphatic rings. The molecular weight excluding hydrogens is 1120 g/mol. The van der Waals surface area contributed by atoms with E-state index >= 15 is 0 Å². The normalized spacial score (nSPS) is 13.1. The smallest absolute Gasteiger partial charge is 0.410 e. The van der Waals surface area contributed by atoms with Gasteiger partial charge in [-0.2, -0.15) is 0 Å². The Morgan fingerprint density at radius 3 is 1.04 bits per heavy atom. The van der Waals surface area contributed by atoms with Crippen LogP contribution in [0.15, 0.2) is 0 Å². The number of amides is 1. The topological polar surface area (TPSA) is 181 Å². The molecule has 15 nitrogen and oxygen atoms in total. The number of unbranched alkanes of at least 4 members (excludes halogenated alkanes) is 21. The summed E-state index contributed by atoms with van der Waals surface area (Å²) in [5, 5.41) is 0. The van der Waals surface area contributed by atoms with Gasteiger partial charge in [0.05, 0.1) is 58.7 Å². The third-order valence-electron chi connectivity index (χ3n) is 14.5. The molecule has 0 N–H and O–H groups in total. The van der Waals surface area contributed by atoms with Crippen molar-refractivity contribution in [1.29, 1.82) is 0 Å². The van der Waals surface area contributed by atoms with Crippen molar-refractivity contribution in [2.24, 2.45) is 11.8 Å². The van der Waals surface area contributed by atoms with E-state index in [9.17, 15) is 33.6 Å². The number of carbonyl (C=O) groups excluding carboxylic acids is 7. The Balaban J connectivity index is -0.000000202. The first kappa shape index (κ1) is 98.8. The summed E-state index contributed by atoms with van der Waals surface area (Å²) < 4.78 is 31.0. The van der Waals surface area contributed by atoms with Gasteiger partial charge in [-0.3, -0.25) is 38.6 Å². The molecule has 0 bridgehead atoms. The summed E-state index contributed by atoms with van der Waals surface area (Å²) in [6.45, 7) is 43.4. The minimum absolute atomic E-state index is 0.0187. The molecule has 0 aromatic carbocycles. The van der Waals surface area contributed by atoms with Gasteiger partial charge in [0.15, 0.2) is 0 Å². The van der Waals surface area contributed by atoms with Crippen LogP contribution in [0.5, 0.6) is 0 Å². The first-order valence-corrected chi connectivity index (χ1v) is 37.0. The van der Waals surface area contributed by atoms with Gasteiger partial charge in [0, 0.05) is 31.2 Å². The Morgan fingerprint density at radius 1 is 0.371 bits per heavy atom. The lowest BCUT2D eigenvalue weighted by molar-refractivity contribution is -0.150. The molecule has 1 heterocycles. The Labute approximate surface area is 551 Å². The second kappa shape index (κ2) is 82.3. The van der Waals surface area contributed by atoms with E-state index in [1.165, 1.54) is 116 Å². The van der Waals surface area contributed by atoms with Crippen LogP contribution in [0.4, 0.5) is 4.79 Å². The van der Waals surface area contributed by atoms with Crippen molar-refractivity contribution in [2.45, 2.75) is 369 Å². The first-order valence-electron chi connectivity index (χ1n) is 37.0. The van der Waals surface area contributed by atoms with Crippen LogP contribution in [-0.2, 0) is 57.2 Å². The molecule has 4 atom stereocenters. The van der Waals surface area contributed by atoms with Crippen LogP contribution in [0.1, 0.15) is 357 Å². The van der Waals surface area contributed by atoms with Crippen molar-refractivity contribution in [2.75, 3.05) is 59.3 Å². The fourth-order valence-corrected chi connectivity index (χ4v) is 8.16. The fourth-order valence-electron chi connectivity index (χ4n) is 8.16. The summed E-state index contributed by atoms with van der Waals surface area (Å²) in [6.07, 6.45) is 36.5. The third kappa shape index (κ3) is 73.2. The van der Waals surface area contributed by atoms with Gasteiger partial charge >= 0.3 is 35.9 Å². The molecule has 1 saturated heterocycles. The standard InChI is InChI=1S/C26H49NO5.C14H28O2.C13H23NO4.C11H22O2.C4H10.3C2H6/c1-5-8-10-12-14-16-18-31-25(29)21-27(20-24(28)23(4)7-3)22-26(30)32-19-17-15-13-11-9-6-2;1-4-6-7-8-9-10-11-16-14(15)12-13(3)5-2;1-4-7-17-13(16)14-10(5-2)8-11(14)9-18-12(15)6-3;1-3-5-6-7-8-9-10-13-11(12)4-2;1-3-4-2;3*1-2/h23H,5-22H2,1-4H3;13H,4-12H2,1-3H3;10-11H,4-9H2,1-3H3;3-10H2,1-2H3;3-4H2,1-2H3;3*1-2H3. The number of carbonyl (C=O) groups is 7. The molecule has 1 fully saturated rings. The van der Waals surface area contributed by atoms with Crippen molar-refractivity contribution in [3.05, 3.63) is 0 Å². The minimum Gasteiger partial charge on any atom is -0.466 e. The molecule has 89 heavy (non-hydrogen) atoms. The zero-order valence-electron chi connectivity index (χ0n) is 62.4. The van der Waals surface area contributed by atoms with Crippen molar-refractivity contribution in [3.63, 3.8) is 0 Å². The summed E-state index contributed by atoms with van der Waals surface area (Å²) in [5.74, 6) is -0.723. The number of ether oxygens (including phenoxy) is 6. The Bertz CT molecular complexity index is 1480. The SMILES string of the molecule is CC.CC.CC.CCCC.CCCCCCCCOC(=O)CC.CCCCCCCCOC(=O)CC(C)CC.CCCCCCCCOC(=O)CN(CC(=O)OCCCCCCCC)CC(=O)C(C)CC.CCCOC(=O)N1C(CC)CC1COC(=O)CC. The maximum absolute atomic E-state index is 12.4. The van der Waals surface area contributed by atoms with Crippen LogP contribution >= 0.6 is 0 Å². The first-order chi connectivity index (χ1) is 43.0. The van der Waals surface area contributed by atoms with E-state index in [2.05, 4.69) is 55.4 Å². The second-order valence-electron chi connectivity index (χ2n) is 22.5. The Kier molecular flexibility index (Phi) is 91.3. The monoisotopic (exact) mass is 1280 g/mol. The predicted octanol–water partition coefficient (Wildman–Crippen LogP) is 20.6. The molecule has 4 unspecified atom stereocenters. The van der Waals surface area contributed by atoms with Gasteiger partial charge in [0.25, 0.3) is 0 Å². The summed E-state index contributed by atoms with van der Waals surface area (Å²) in [6, 6.07) is 0.203. The average Bonchev–Trinajstić information content (AvgIpc) is 2.46. The molecular formula is C74H150N2O13. The molecule has 1 aliphatic heterocycles. The lowest BCUT2D eigenvalue weighted by atomic mass is 9.92. The van der Waals surface area contributed by atoms with E-state index < -0.39 is 0 Å². The number of ketones is 1. The molecule has 0 radical (unpaired) electrons.